The molecule has 6 heteroatoms. The molecule has 3 aliphatic rings. The van der Waals surface area contributed by atoms with Crippen LogP contribution < -0.4 is 19.3 Å². The molecular formula is C22H14N2O4. The summed E-state index contributed by atoms with van der Waals surface area (Å²) in [5.41, 5.74) is 3.22. The van der Waals surface area contributed by atoms with Gasteiger partial charge in [-0.25, -0.2) is 0 Å². The molecule has 3 heterocycles. The maximum atomic E-state index is 13.5. The fourth-order valence-electron chi connectivity index (χ4n) is 4.19. The molecule has 6 rings (SSSR count). The first-order chi connectivity index (χ1) is 13.7. The highest BCUT2D eigenvalue weighted by atomic mass is 16.7. The largest absolute Gasteiger partial charge is 0.454 e. The van der Waals surface area contributed by atoms with Crippen LogP contribution in [0.2, 0.25) is 0 Å². The standard InChI is InChI=1S/C22H14N2O4/c25-21-15-6-2-1-5-14(15)20-23(13-9-10-18-19(11-13)28-12-27-18)22(26)16-7-3-4-8-17(16)24(20)21/h1-11,20H,12H2/t20-/m1/s1. The van der Waals surface area contributed by atoms with Crippen molar-refractivity contribution < 1.29 is 19.1 Å². The lowest BCUT2D eigenvalue weighted by molar-refractivity contribution is 0.0949. The average molecular weight is 370 g/mol. The number of benzene rings is 3. The van der Waals surface area contributed by atoms with Crippen molar-refractivity contribution in [3.8, 4) is 11.5 Å². The molecule has 3 aromatic rings. The summed E-state index contributed by atoms with van der Waals surface area (Å²) in [6.07, 6.45) is -0.536. The topological polar surface area (TPSA) is 59.1 Å². The highest BCUT2D eigenvalue weighted by Gasteiger charge is 2.48. The number of amides is 2. The number of hydrogen-bond donors (Lipinski definition) is 0. The molecule has 0 fully saturated rings. The number of para-hydroxylation sites is 1. The van der Waals surface area contributed by atoms with Gasteiger partial charge in [0.25, 0.3) is 11.8 Å². The van der Waals surface area contributed by atoms with Crippen LogP contribution in [0.3, 0.4) is 0 Å². The van der Waals surface area contributed by atoms with Gasteiger partial charge in [0.05, 0.1) is 16.9 Å². The van der Waals surface area contributed by atoms with E-state index < -0.39 is 6.17 Å². The fourth-order valence-corrected chi connectivity index (χ4v) is 4.19. The minimum Gasteiger partial charge on any atom is -0.454 e. The predicted octanol–water partition coefficient (Wildman–Crippen LogP) is 3.73. The Morgan fingerprint density at radius 2 is 1.46 bits per heavy atom. The Morgan fingerprint density at radius 3 is 2.36 bits per heavy atom. The molecule has 0 spiro atoms. The van der Waals surface area contributed by atoms with Gasteiger partial charge >= 0.3 is 0 Å². The summed E-state index contributed by atoms with van der Waals surface area (Å²) in [7, 11) is 0. The first-order valence-electron chi connectivity index (χ1n) is 8.99. The quantitative estimate of drug-likeness (QED) is 0.655. The Labute approximate surface area is 160 Å². The molecule has 0 N–H and O–H groups in total. The summed E-state index contributed by atoms with van der Waals surface area (Å²) in [5.74, 6) is 0.980. The van der Waals surface area contributed by atoms with Crippen LogP contribution in [0.4, 0.5) is 11.4 Å². The van der Waals surface area contributed by atoms with Crippen molar-refractivity contribution in [3.05, 3.63) is 83.4 Å². The van der Waals surface area contributed by atoms with Crippen LogP contribution in [-0.4, -0.2) is 18.6 Å². The van der Waals surface area contributed by atoms with E-state index in [1.165, 1.54) is 0 Å². The van der Waals surface area contributed by atoms with E-state index in [1.54, 1.807) is 34.1 Å². The zero-order chi connectivity index (χ0) is 18.8. The van der Waals surface area contributed by atoms with Crippen molar-refractivity contribution in [2.75, 3.05) is 16.6 Å². The van der Waals surface area contributed by atoms with E-state index in [2.05, 4.69) is 0 Å². The third-order valence-corrected chi connectivity index (χ3v) is 5.42. The van der Waals surface area contributed by atoms with Gasteiger partial charge in [0.15, 0.2) is 11.5 Å². The van der Waals surface area contributed by atoms with Crippen molar-refractivity contribution in [2.45, 2.75) is 6.17 Å². The maximum absolute atomic E-state index is 13.5. The zero-order valence-corrected chi connectivity index (χ0v) is 14.7. The second-order valence-electron chi connectivity index (χ2n) is 6.87. The van der Waals surface area contributed by atoms with E-state index in [9.17, 15) is 9.59 Å². The fraction of sp³-hybridized carbons (Fsp3) is 0.0909. The normalized spacial score (nSPS) is 18.8. The molecule has 0 aliphatic carbocycles. The number of nitrogens with zero attached hydrogens (tertiary/aromatic N) is 2. The summed E-state index contributed by atoms with van der Waals surface area (Å²) >= 11 is 0. The summed E-state index contributed by atoms with van der Waals surface area (Å²) in [6.45, 7) is 0.159. The van der Waals surface area contributed by atoms with Crippen LogP contribution in [0.5, 0.6) is 11.5 Å². The van der Waals surface area contributed by atoms with Crippen LogP contribution in [-0.2, 0) is 0 Å². The van der Waals surface area contributed by atoms with E-state index >= 15 is 0 Å². The van der Waals surface area contributed by atoms with Crippen LogP contribution in [0.1, 0.15) is 32.4 Å². The van der Waals surface area contributed by atoms with Crippen molar-refractivity contribution in [2.24, 2.45) is 0 Å². The van der Waals surface area contributed by atoms with Gasteiger partial charge in [-0.1, -0.05) is 30.3 Å². The second kappa shape index (κ2) is 5.36. The molecule has 0 aromatic heterocycles. The van der Waals surface area contributed by atoms with Crippen molar-refractivity contribution in [3.63, 3.8) is 0 Å². The van der Waals surface area contributed by atoms with Crippen LogP contribution in [0, 0.1) is 0 Å². The second-order valence-corrected chi connectivity index (χ2v) is 6.87. The molecule has 0 unspecified atom stereocenters. The molecule has 1 atom stereocenters. The number of carbonyl (C=O) groups excluding carboxylic acids is 2. The molecule has 3 aliphatic heterocycles. The Morgan fingerprint density at radius 1 is 0.750 bits per heavy atom. The molecule has 0 saturated heterocycles. The SMILES string of the molecule is O=C1c2ccccc2N2C(=O)c3ccccc3[C@@H]2N1c1ccc2c(c1)OCO2. The van der Waals surface area contributed by atoms with Crippen LogP contribution >= 0.6 is 0 Å². The van der Waals surface area contributed by atoms with Crippen LogP contribution in [0.15, 0.2) is 66.7 Å². The van der Waals surface area contributed by atoms with Gasteiger partial charge < -0.3 is 9.47 Å². The maximum Gasteiger partial charge on any atom is 0.262 e. The van der Waals surface area contributed by atoms with Gasteiger partial charge in [0, 0.05) is 17.2 Å². The first kappa shape index (κ1) is 15.3. The minimum absolute atomic E-state index is 0.105. The number of anilines is 2. The van der Waals surface area contributed by atoms with E-state index in [-0.39, 0.29) is 18.6 Å². The van der Waals surface area contributed by atoms with Gasteiger partial charge in [-0.3, -0.25) is 19.4 Å². The van der Waals surface area contributed by atoms with E-state index in [4.69, 9.17) is 9.47 Å². The van der Waals surface area contributed by atoms with Gasteiger partial charge in [0.1, 0.15) is 6.17 Å². The van der Waals surface area contributed by atoms with Gasteiger partial charge in [-0.05, 0) is 30.3 Å². The number of ether oxygens (including phenoxy) is 2. The molecule has 2 amide bonds. The summed E-state index contributed by atoms with van der Waals surface area (Å²) in [6, 6.07) is 20.1. The first-order valence-corrected chi connectivity index (χ1v) is 8.99. The summed E-state index contributed by atoms with van der Waals surface area (Å²) in [5, 5.41) is 0. The van der Waals surface area contributed by atoms with E-state index in [0.29, 0.717) is 34.0 Å². The highest BCUT2D eigenvalue weighted by molar-refractivity contribution is 6.21. The predicted molar refractivity (Wildman–Crippen MR) is 102 cm³/mol. The van der Waals surface area contributed by atoms with Gasteiger partial charge in [0.2, 0.25) is 6.79 Å². The number of hydrogen-bond acceptors (Lipinski definition) is 4. The van der Waals surface area contributed by atoms with Crippen molar-refractivity contribution >= 4 is 23.2 Å². The molecule has 0 bridgehead atoms. The molecule has 0 saturated carbocycles. The average Bonchev–Trinajstić information content (AvgIpc) is 3.31. The number of rotatable bonds is 1. The Balaban J connectivity index is 1.60. The smallest absolute Gasteiger partial charge is 0.262 e. The molecule has 136 valence electrons. The highest BCUT2D eigenvalue weighted by Crippen LogP contribution is 2.48. The summed E-state index contributed by atoms with van der Waals surface area (Å²) < 4.78 is 10.9. The van der Waals surface area contributed by atoms with Crippen LogP contribution in [0.25, 0.3) is 0 Å². The van der Waals surface area contributed by atoms with E-state index in [1.807, 2.05) is 42.5 Å². The summed E-state index contributed by atoms with van der Waals surface area (Å²) in [4.78, 5) is 30.1. The molecular weight excluding hydrogens is 356 g/mol. The molecule has 3 aromatic carbocycles. The Hall–Kier alpha value is -3.80. The monoisotopic (exact) mass is 370 g/mol. The molecule has 28 heavy (non-hydrogen) atoms. The van der Waals surface area contributed by atoms with Crippen molar-refractivity contribution in [1.82, 2.24) is 0 Å². The Bertz CT molecular complexity index is 1170. The van der Waals surface area contributed by atoms with Crippen molar-refractivity contribution in [1.29, 1.82) is 0 Å². The third kappa shape index (κ3) is 1.86. The lowest BCUT2D eigenvalue weighted by Gasteiger charge is -2.40. The molecule has 0 radical (unpaired) electrons. The lowest BCUT2D eigenvalue weighted by atomic mass is 10.0. The number of carbonyl (C=O) groups is 2. The van der Waals surface area contributed by atoms with Gasteiger partial charge in [-0.15, -0.1) is 0 Å². The van der Waals surface area contributed by atoms with E-state index in [0.717, 1.165) is 5.56 Å². The Kier molecular flexibility index (Phi) is 2.92. The van der Waals surface area contributed by atoms with Gasteiger partial charge in [-0.2, -0.15) is 0 Å². The molecule has 6 nitrogen and oxygen atoms in total. The third-order valence-electron chi connectivity index (χ3n) is 5.42. The zero-order valence-electron chi connectivity index (χ0n) is 14.7. The lowest BCUT2D eigenvalue weighted by Crippen LogP contribution is -2.48. The minimum atomic E-state index is -0.536. The number of fused-ring (bicyclic) bond motifs is 6.